The molecule has 0 unspecified atom stereocenters. The summed E-state index contributed by atoms with van der Waals surface area (Å²) in [6.45, 7) is 0. The lowest BCUT2D eigenvalue weighted by Crippen LogP contribution is -2.13. The summed E-state index contributed by atoms with van der Waals surface area (Å²) in [5.41, 5.74) is 2.45. The molecule has 0 radical (unpaired) electrons. The van der Waals surface area contributed by atoms with E-state index in [0.717, 1.165) is 6.07 Å². The highest BCUT2D eigenvalue weighted by Crippen LogP contribution is 2.41. The number of hydrogen-bond acceptors (Lipinski definition) is 2. The average Bonchev–Trinajstić information content (AvgIpc) is 2.43. The van der Waals surface area contributed by atoms with E-state index in [0.29, 0.717) is 5.39 Å². The normalized spacial score (nSPS) is 13.0. The molecular weight excluding hydrogens is 322 g/mol. The maximum absolute atomic E-state index is 13.3. The first kappa shape index (κ1) is 15.4. The van der Waals surface area contributed by atoms with Gasteiger partial charge in [-0.15, -0.1) is 0 Å². The van der Waals surface area contributed by atoms with Gasteiger partial charge in [-0.05, 0) is 35.0 Å². The van der Waals surface area contributed by atoms with E-state index < -0.39 is 29.0 Å². The molecule has 0 saturated carbocycles. The van der Waals surface area contributed by atoms with Crippen LogP contribution in [-0.4, -0.2) is 4.98 Å². The summed E-state index contributed by atoms with van der Waals surface area (Å²) in [4.78, 5) is 3.33. The van der Waals surface area contributed by atoms with Gasteiger partial charge in [-0.25, -0.2) is 4.98 Å². The number of nitrogen functional groups attached to an aromatic ring is 1. The third-order valence-electron chi connectivity index (χ3n) is 3.41. The Balaban J connectivity index is 2.52. The third kappa shape index (κ3) is 2.64. The minimum absolute atomic E-state index is 0.0327. The van der Waals surface area contributed by atoms with E-state index in [1.165, 1.54) is 24.3 Å². The van der Waals surface area contributed by atoms with Crippen molar-refractivity contribution in [2.24, 2.45) is 0 Å². The number of anilines is 1. The molecule has 2 aromatic carbocycles. The van der Waals surface area contributed by atoms with Gasteiger partial charge in [-0.2, -0.15) is 26.3 Å². The second-order valence-corrected chi connectivity index (χ2v) is 4.99. The molecule has 1 heterocycles. The van der Waals surface area contributed by atoms with Gasteiger partial charge in [0, 0.05) is 11.1 Å². The molecule has 3 aromatic rings. The second-order valence-electron chi connectivity index (χ2n) is 4.99. The highest BCUT2D eigenvalue weighted by Gasteiger charge is 2.39. The van der Waals surface area contributed by atoms with Gasteiger partial charge >= 0.3 is 12.4 Å². The predicted octanol–water partition coefficient (Wildman–Crippen LogP) is 5.01. The highest BCUT2D eigenvalue weighted by atomic mass is 19.4. The first-order chi connectivity index (χ1) is 10.6. The van der Waals surface area contributed by atoms with Crippen LogP contribution in [0.15, 0.2) is 36.4 Å². The molecule has 8 heteroatoms. The van der Waals surface area contributed by atoms with Crippen LogP contribution in [0, 0.1) is 0 Å². The number of hydrogen-bond donors (Lipinski definition) is 1. The van der Waals surface area contributed by atoms with Gasteiger partial charge in [-0.1, -0.05) is 12.1 Å². The summed E-state index contributed by atoms with van der Waals surface area (Å²) in [5, 5.41) is 0.144. The van der Waals surface area contributed by atoms with E-state index in [9.17, 15) is 26.3 Å². The molecule has 120 valence electrons. The van der Waals surface area contributed by atoms with Gasteiger partial charge in [0.05, 0.1) is 11.1 Å². The van der Waals surface area contributed by atoms with Crippen molar-refractivity contribution in [3.63, 3.8) is 0 Å². The number of fused-ring (bicyclic) bond motifs is 3. The molecule has 0 spiro atoms. The molecule has 0 bridgehead atoms. The quantitative estimate of drug-likeness (QED) is 0.358. The number of nitrogens with zero attached hydrogens (tertiary/aromatic N) is 1. The molecule has 0 atom stereocenters. The number of aromatic nitrogens is 1. The summed E-state index contributed by atoms with van der Waals surface area (Å²) in [5.74, 6) is 0. The molecule has 0 aliphatic rings. The van der Waals surface area contributed by atoms with Crippen molar-refractivity contribution in [2.75, 3.05) is 5.73 Å². The largest absolute Gasteiger partial charge is 0.433 e. The maximum atomic E-state index is 13.3. The Hall–Kier alpha value is -2.51. The summed E-state index contributed by atoms with van der Waals surface area (Å²) < 4.78 is 78.3. The van der Waals surface area contributed by atoms with Crippen LogP contribution in [0.2, 0.25) is 0 Å². The molecule has 23 heavy (non-hydrogen) atoms. The first-order valence-electron chi connectivity index (χ1n) is 6.35. The Bertz CT molecular complexity index is 912. The van der Waals surface area contributed by atoms with E-state index in [-0.39, 0.29) is 22.7 Å². The number of rotatable bonds is 0. The van der Waals surface area contributed by atoms with Crippen LogP contribution >= 0.6 is 0 Å². The van der Waals surface area contributed by atoms with Crippen molar-refractivity contribution in [3.8, 4) is 0 Å². The van der Waals surface area contributed by atoms with Crippen molar-refractivity contribution in [1.29, 1.82) is 0 Å². The van der Waals surface area contributed by atoms with Crippen molar-refractivity contribution in [3.05, 3.63) is 47.7 Å². The zero-order valence-corrected chi connectivity index (χ0v) is 11.3. The van der Waals surface area contributed by atoms with Crippen LogP contribution in [0.3, 0.4) is 0 Å². The topological polar surface area (TPSA) is 38.9 Å². The Morgan fingerprint density at radius 2 is 1.48 bits per heavy atom. The van der Waals surface area contributed by atoms with Gasteiger partial charge < -0.3 is 5.73 Å². The van der Waals surface area contributed by atoms with Crippen LogP contribution in [0.5, 0.6) is 0 Å². The fourth-order valence-electron chi connectivity index (χ4n) is 2.44. The summed E-state index contributed by atoms with van der Waals surface area (Å²) >= 11 is 0. The van der Waals surface area contributed by atoms with Crippen LogP contribution < -0.4 is 5.73 Å². The van der Waals surface area contributed by atoms with Gasteiger partial charge in [0.1, 0.15) is 5.69 Å². The minimum Gasteiger partial charge on any atom is -0.399 e. The lowest BCUT2D eigenvalue weighted by Gasteiger charge is -2.15. The van der Waals surface area contributed by atoms with Crippen LogP contribution in [0.4, 0.5) is 32.0 Å². The molecule has 0 aliphatic carbocycles. The monoisotopic (exact) mass is 330 g/mol. The summed E-state index contributed by atoms with van der Waals surface area (Å²) in [7, 11) is 0. The van der Waals surface area contributed by atoms with E-state index >= 15 is 0 Å². The third-order valence-corrected chi connectivity index (χ3v) is 3.41. The van der Waals surface area contributed by atoms with E-state index in [2.05, 4.69) is 4.98 Å². The van der Waals surface area contributed by atoms with Gasteiger partial charge in [-0.3, -0.25) is 0 Å². The Morgan fingerprint density at radius 1 is 0.826 bits per heavy atom. The van der Waals surface area contributed by atoms with Gasteiger partial charge in [0.15, 0.2) is 0 Å². The van der Waals surface area contributed by atoms with Crippen LogP contribution in [0.25, 0.3) is 21.7 Å². The lowest BCUT2D eigenvalue weighted by molar-refractivity contribution is -0.144. The molecule has 2 nitrogen and oxygen atoms in total. The Labute approximate surface area is 125 Å². The van der Waals surface area contributed by atoms with E-state index in [1.807, 2.05) is 0 Å². The van der Waals surface area contributed by atoms with Crippen LogP contribution in [0.1, 0.15) is 11.3 Å². The number of halogens is 6. The Kier molecular flexibility index (Phi) is 3.17. The van der Waals surface area contributed by atoms with E-state index in [4.69, 9.17) is 5.73 Å². The van der Waals surface area contributed by atoms with Crippen LogP contribution in [-0.2, 0) is 12.4 Å². The SMILES string of the molecule is Nc1ccc2ccc3nc(C(F)(F)F)cc(C(F)(F)F)c3c2c1. The maximum Gasteiger partial charge on any atom is 0.433 e. The number of nitrogens with two attached hydrogens (primary N) is 1. The predicted molar refractivity (Wildman–Crippen MR) is 73.7 cm³/mol. The Morgan fingerprint density at radius 3 is 2.09 bits per heavy atom. The molecule has 0 aliphatic heterocycles. The highest BCUT2D eigenvalue weighted by molar-refractivity contribution is 6.09. The van der Waals surface area contributed by atoms with Crippen molar-refractivity contribution < 1.29 is 26.3 Å². The molecule has 0 fully saturated rings. The molecular formula is C15H8F6N2. The molecule has 1 aromatic heterocycles. The fraction of sp³-hybridized carbons (Fsp3) is 0.133. The van der Waals surface area contributed by atoms with Gasteiger partial charge in [0.2, 0.25) is 0 Å². The van der Waals surface area contributed by atoms with Crippen molar-refractivity contribution >= 4 is 27.4 Å². The fourth-order valence-corrected chi connectivity index (χ4v) is 2.44. The number of alkyl halides is 6. The molecule has 2 N–H and O–H groups in total. The zero-order valence-electron chi connectivity index (χ0n) is 11.3. The number of benzene rings is 2. The standard InChI is InChI=1S/C15H8F6N2/c16-14(17,18)10-6-12(15(19,20)21)23-11-4-2-7-1-3-8(22)5-9(7)13(10)11/h1-6H,22H2. The molecule has 0 amide bonds. The molecule has 0 saturated heterocycles. The average molecular weight is 330 g/mol. The first-order valence-corrected chi connectivity index (χ1v) is 6.35. The zero-order chi connectivity index (χ0) is 17.0. The summed E-state index contributed by atoms with van der Waals surface area (Å²) in [6, 6.07) is 6.87. The summed E-state index contributed by atoms with van der Waals surface area (Å²) in [6.07, 6.45) is -9.93. The number of pyridine rings is 1. The van der Waals surface area contributed by atoms with Crippen molar-refractivity contribution in [2.45, 2.75) is 12.4 Å². The van der Waals surface area contributed by atoms with E-state index in [1.54, 1.807) is 0 Å². The second kappa shape index (κ2) is 4.74. The van der Waals surface area contributed by atoms with Gasteiger partial charge in [0.25, 0.3) is 0 Å². The smallest absolute Gasteiger partial charge is 0.399 e. The minimum atomic E-state index is -4.97. The lowest BCUT2D eigenvalue weighted by atomic mass is 9.99. The van der Waals surface area contributed by atoms with Crippen molar-refractivity contribution in [1.82, 2.24) is 4.98 Å². The molecule has 3 rings (SSSR count).